The third kappa shape index (κ3) is 5.92. The Bertz CT molecular complexity index is 62.7. The van der Waals surface area contributed by atoms with Gasteiger partial charge in [-0.3, -0.25) is 4.79 Å². The van der Waals surface area contributed by atoms with Crippen LogP contribution in [-0.4, -0.2) is 11.8 Å². The molecule has 0 saturated heterocycles. The van der Waals surface area contributed by atoms with Crippen LogP contribution in [0.15, 0.2) is 0 Å². The minimum Gasteiger partial charge on any atom is -0.322 e. The SMILES string of the molecule is CC(=O)[C@H](C)N.Cl. The number of hydrogen-bond donors (Lipinski definition) is 1. The number of carbonyl (C=O) groups is 1. The van der Waals surface area contributed by atoms with Crippen molar-refractivity contribution in [2.24, 2.45) is 5.73 Å². The second-order valence-corrected chi connectivity index (χ2v) is 1.40. The topological polar surface area (TPSA) is 43.1 Å². The van der Waals surface area contributed by atoms with E-state index in [1.54, 1.807) is 6.92 Å². The summed E-state index contributed by atoms with van der Waals surface area (Å²) in [4.78, 5) is 10.0. The molecule has 0 saturated carbocycles. The van der Waals surface area contributed by atoms with Crippen LogP contribution < -0.4 is 5.73 Å². The zero-order valence-electron chi connectivity index (χ0n) is 4.47. The van der Waals surface area contributed by atoms with Gasteiger partial charge in [0.1, 0.15) is 5.78 Å². The van der Waals surface area contributed by atoms with Crippen LogP contribution >= 0.6 is 12.4 Å². The van der Waals surface area contributed by atoms with Crippen LogP contribution in [-0.2, 0) is 4.79 Å². The highest BCUT2D eigenvalue weighted by Gasteiger charge is 1.95. The summed E-state index contributed by atoms with van der Waals surface area (Å²) in [5.41, 5.74) is 5.09. The van der Waals surface area contributed by atoms with Crippen molar-refractivity contribution in [2.45, 2.75) is 19.9 Å². The molecular weight excluding hydrogens is 114 g/mol. The third-order valence-corrected chi connectivity index (χ3v) is 0.641. The Hall–Kier alpha value is -0.0800. The zero-order chi connectivity index (χ0) is 5.15. The first-order valence-electron chi connectivity index (χ1n) is 1.90. The van der Waals surface area contributed by atoms with Gasteiger partial charge in [0, 0.05) is 0 Å². The normalized spacial score (nSPS) is 11.9. The van der Waals surface area contributed by atoms with Crippen LogP contribution in [0.1, 0.15) is 13.8 Å². The van der Waals surface area contributed by atoms with Crippen molar-refractivity contribution < 1.29 is 4.79 Å². The van der Waals surface area contributed by atoms with Crippen molar-refractivity contribution >= 4 is 18.2 Å². The molecule has 0 radical (unpaired) electrons. The lowest BCUT2D eigenvalue weighted by atomic mass is 10.3. The van der Waals surface area contributed by atoms with E-state index in [2.05, 4.69) is 0 Å². The summed E-state index contributed by atoms with van der Waals surface area (Å²) < 4.78 is 0. The molecule has 2 nitrogen and oxygen atoms in total. The fourth-order valence-corrected chi connectivity index (χ4v) is 0. The van der Waals surface area contributed by atoms with Crippen LogP contribution in [0, 0.1) is 0 Å². The molecule has 0 aliphatic carbocycles. The first-order valence-corrected chi connectivity index (χ1v) is 1.90. The van der Waals surface area contributed by atoms with Crippen molar-refractivity contribution in [3.8, 4) is 0 Å². The van der Waals surface area contributed by atoms with Gasteiger partial charge in [-0.25, -0.2) is 0 Å². The van der Waals surface area contributed by atoms with Gasteiger partial charge in [-0.15, -0.1) is 12.4 Å². The number of carbonyl (C=O) groups excluding carboxylic acids is 1. The van der Waals surface area contributed by atoms with Crippen LogP contribution in [0.3, 0.4) is 0 Å². The average Bonchev–Trinajstić information content (AvgIpc) is 1.36. The Morgan fingerprint density at radius 1 is 1.71 bits per heavy atom. The quantitative estimate of drug-likeness (QED) is 0.547. The maximum Gasteiger partial charge on any atom is 0.146 e. The molecule has 0 amide bonds. The summed E-state index contributed by atoms with van der Waals surface area (Å²) in [7, 11) is 0. The van der Waals surface area contributed by atoms with Crippen molar-refractivity contribution in [3.05, 3.63) is 0 Å². The lowest BCUT2D eigenvalue weighted by molar-refractivity contribution is -0.117. The molecule has 3 heteroatoms. The Labute approximate surface area is 49.5 Å². The lowest BCUT2D eigenvalue weighted by Crippen LogP contribution is -2.23. The Balaban J connectivity index is 0. The van der Waals surface area contributed by atoms with Gasteiger partial charge in [-0.1, -0.05) is 0 Å². The number of hydrogen-bond acceptors (Lipinski definition) is 2. The molecule has 0 unspecified atom stereocenters. The van der Waals surface area contributed by atoms with Crippen LogP contribution in [0.4, 0.5) is 0 Å². The second-order valence-electron chi connectivity index (χ2n) is 1.40. The smallest absolute Gasteiger partial charge is 0.146 e. The Morgan fingerprint density at radius 2 is 1.86 bits per heavy atom. The Morgan fingerprint density at radius 3 is 1.86 bits per heavy atom. The number of nitrogens with two attached hydrogens (primary N) is 1. The van der Waals surface area contributed by atoms with E-state index < -0.39 is 0 Å². The fraction of sp³-hybridized carbons (Fsp3) is 0.750. The van der Waals surface area contributed by atoms with Gasteiger partial charge < -0.3 is 5.73 Å². The largest absolute Gasteiger partial charge is 0.322 e. The van der Waals surface area contributed by atoms with E-state index in [-0.39, 0.29) is 24.2 Å². The minimum absolute atomic E-state index is 0. The maximum absolute atomic E-state index is 10.0. The van der Waals surface area contributed by atoms with Gasteiger partial charge in [0.2, 0.25) is 0 Å². The lowest BCUT2D eigenvalue weighted by Gasteiger charge is -1.91. The monoisotopic (exact) mass is 123 g/mol. The van der Waals surface area contributed by atoms with E-state index in [1.807, 2.05) is 0 Å². The molecule has 0 aromatic heterocycles. The molecule has 0 aromatic carbocycles. The Kier molecular flexibility index (Phi) is 5.85. The van der Waals surface area contributed by atoms with Crippen molar-refractivity contribution in [1.29, 1.82) is 0 Å². The van der Waals surface area contributed by atoms with Crippen LogP contribution in [0.2, 0.25) is 0 Å². The summed E-state index contributed by atoms with van der Waals surface area (Å²) in [5.74, 6) is 0.0370. The maximum atomic E-state index is 10.0. The predicted molar refractivity (Wildman–Crippen MR) is 31.6 cm³/mol. The predicted octanol–water partition coefficient (Wildman–Crippen LogP) is 0.344. The second kappa shape index (κ2) is 4.09. The fourth-order valence-electron chi connectivity index (χ4n) is 0. The van der Waals surface area contributed by atoms with E-state index in [9.17, 15) is 4.79 Å². The molecule has 0 rings (SSSR count). The highest BCUT2D eigenvalue weighted by atomic mass is 35.5. The molecule has 0 aromatic rings. The van der Waals surface area contributed by atoms with Crippen molar-refractivity contribution in [1.82, 2.24) is 0 Å². The van der Waals surface area contributed by atoms with Gasteiger partial charge in [-0.05, 0) is 13.8 Å². The first-order chi connectivity index (χ1) is 2.64. The average molecular weight is 124 g/mol. The molecule has 0 bridgehead atoms. The summed E-state index contributed by atoms with van der Waals surface area (Å²) in [5, 5.41) is 0. The molecule has 0 fully saturated rings. The van der Waals surface area contributed by atoms with E-state index in [4.69, 9.17) is 5.73 Å². The van der Waals surface area contributed by atoms with E-state index in [0.29, 0.717) is 0 Å². The summed E-state index contributed by atoms with van der Waals surface area (Å²) >= 11 is 0. The molecule has 0 heterocycles. The molecule has 2 N–H and O–H groups in total. The van der Waals surface area contributed by atoms with Gasteiger partial charge in [0.05, 0.1) is 6.04 Å². The van der Waals surface area contributed by atoms with Gasteiger partial charge in [0.25, 0.3) is 0 Å². The number of ketones is 1. The van der Waals surface area contributed by atoms with Gasteiger partial charge in [0.15, 0.2) is 0 Å². The van der Waals surface area contributed by atoms with Crippen molar-refractivity contribution in [2.75, 3.05) is 0 Å². The zero-order valence-corrected chi connectivity index (χ0v) is 5.29. The standard InChI is InChI=1S/C4H9NO.ClH/c1-3(5)4(2)6;/h3H,5H2,1-2H3;1H/t3-;/m0./s1. The van der Waals surface area contributed by atoms with Crippen molar-refractivity contribution in [3.63, 3.8) is 0 Å². The number of rotatable bonds is 1. The summed E-state index contributed by atoms with van der Waals surface area (Å²) in [6.45, 7) is 3.15. The molecule has 7 heavy (non-hydrogen) atoms. The summed E-state index contributed by atoms with van der Waals surface area (Å²) in [6, 6.07) is -0.287. The van der Waals surface area contributed by atoms with Crippen LogP contribution in [0.5, 0.6) is 0 Å². The number of halogens is 1. The van der Waals surface area contributed by atoms with Gasteiger partial charge in [-0.2, -0.15) is 0 Å². The molecule has 44 valence electrons. The molecule has 0 aliphatic rings. The molecule has 0 spiro atoms. The number of Topliss-reactive ketones (excluding diaryl/α,β-unsaturated/α-hetero) is 1. The highest BCUT2D eigenvalue weighted by molar-refractivity contribution is 5.85. The molecule has 1 atom stereocenters. The molecule has 0 aliphatic heterocycles. The van der Waals surface area contributed by atoms with E-state index >= 15 is 0 Å². The van der Waals surface area contributed by atoms with Gasteiger partial charge >= 0.3 is 0 Å². The van der Waals surface area contributed by atoms with E-state index in [0.717, 1.165) is 0 Å². The summed E-state index contributed by atoms with van der Waals surface area (Å²) in [6.07, 6.45) is 0. The third-order valence-electron chi connectivity index (χ3n) is 0.641. The van der Waals surface area contributed by atoms with E-state index in [1.165, 1.54) is 6.92 Å². The van der Waals surface area contributed by atoms with Crippen LogP contribution in [0.25, 0.3) is 0 Å². The highest BCUT2D eigenvalue weighted by Crippen LogP contribution is 1.72. The first kappa shape index (κ1) is 10.0. The minimum atomic E-state index is -0.287. The molecular formula is C4H10ClNO.